The van der Waals surface area contributed by atoms with Gasteiger partial charge in [0.2, 0.25) is 0 Å². The summed E-state index contributed by atoms with van der Waals surface area (Å²) < 4.78 is 53.7. The van der Waals surface area contributed by atoms with E-state index in [2.05, 4.69) is 10.3 Å². The summed E-state index contributed by atoms with van der Waals surface area (Å²) in [6, 6.07) is 26.5. The number of aromatic nitrogens is 2. The fourth-order valence-corrected chi connectivity index (χ4v) is 5.73. The molecule has 0 amide bonds. The van der Waals surface area contributed by atoms with Crippen molar-refractivity contribution in [2.45, 2.75) is 25.4 Å². The number of carbonyl (C=O) groups excluding carboxylic acids is 1. The van der Waals surface area contributed by atoms with Crippen LogP contribution in [0.4, 0.5) is 14.5 Å². The number of carbonyl (C=O) groups is 1. The van der Waals surface area contributed by atoms with E-state index in [1.165, 1.54) is 24.3 Å². The molecule has 1 heterocycles. The monoisotopic (exact) mass is 625 g/mol. The summed E-state index contributed by atoms with van der Waals surface area (Å²) in [7, 11) is -3.33. The zero-order chi connectivity index (χ0) is 31.8. The molecule has 0 aliphatic heterocycles. The minimum atomic E-state index is -3.33. The SMILES string of the molecule is CS(=O)(=O)CCC(Nc1ccc(/C=C(/Cn2ccnc2)c2ccc(F)cc2)cc1-c1ccc(F)cc1)C(=O)Cc1ccccc1. The Morgan fingerprint density at radius 1 is 0.933 bits per heavy atom. The van der Waals surface area contributed by atoms with Crippen molar-refractivity contribution in [3.63, 3.8) is 0 Å². The Hall–Kier alpha value is -4.89. The molecule has 45 heavy (non-hydrogen) atoms. The molecule has 230 valence electrons. The second kappa shape index (κ2) is 14.3. The number of imidazole rings is 1. The van der Waals surface area contributed by atoms with Gasteiger partial charge in [0, 0.05) is 42.9 Å². The Morgan fingerprint density at radius 3 is 2.27 bits per heavy atom. The molecule has 4 aromatic carbocycles. The van der Waals surface area contributed by atoms with Gasteiger partial charge in [0.05, 0.1) is 18.1 Å². The second-order valence-corrected chi connectivity index (χ2v) is 13.2. The number of halogens is 2. The number of sulfone groups is 1. The highest BCUT2D eigenvalue weighted by molar-refractivity contribution is 7.90. The maximum absolute atomic E-state index is 13.9. The Kier molecular flexibility index (Phi) is 9.99. The number of hydrogen-bond acceptors (Lipinski definition) is 5. The van der Waals surface area contributed by atoms with Crippen molar-refractivity contribution in [1.82, 2.24) is 9.55 Å². The van der Waals surface area contributed by atoms with Crippen molar-refractivity contribution in [2.75, 3.05) is 17.3 Å². The largest absolute Gasteiger partial charge is 0.375 e. The highest BCUT2D eigenvalue weighted by Gasteiger charge is 2.22. The summed E-state index contributed by atoms with van der Waals surface area (Å²) in [5.41, 5.74) is 5.43. The van der Waals surface area contributed by atoms with Crippen LogP contribution in [0.5, 0.6) is 0 Å². The molecule has 6 nitrogen and oxygen atoms in total. The Balaban J connectivity index is 1.54. The van der Waals surface area contributed by atoms with E-state index in [1.807, 2.05) is 65.4 Å². The fraction of sp³-hybridized carbons (Fsp3) is 0.167. The van der Waals surface area contributed by atoms with Crippen LogP contribution in [0, 0.1) is 11.6 Å². The van der Waals surface area contributed by atoms with E-state index in [0.29, 0.717) is 23.4 Å². The van der Waals surface area contributed by atoms with Gasteiger partial charge in [-0.05, 0) is 76.7 Å². The third-order valence-corrected chi connectivity index (χ3v) is 8.36. The van der Waals surface area contributed by atoms with E-state index in [1.54, 1.807) is 36.8 Å². The van der Waals surface area contributed by atoms with Crippen molar-refractivity contribution >= 4 is 33.0 Å². The molecule has 5 rings (SSSR count). The highest BCUT2D eigenvalue weighted by atomic mass is 32.2. The fourth-order valence-electron chi connectivity index (χ4n) is 5.06. The Morgan fingerprint density at radius 2 is 1.62 bits per heavy atom. The molecular weight excluding hydrogens is 592 g/mol. The van der Waals surface area contributed by atoms with Gasteiger partial charge in [0.1, 0.15) is 21.5 Å². The Labute approximate surface area is 262 Å². The molecule has 0 aliphatic carbocycles. The number of anilines is 1. The van der Waals surface area contributed by atoms with Crippen LogP contribution in [-0.4, -0.2) is 41.8 Å². The summed E-state index contributed by atoms with van der Waals surface area (Å²) in [6.07, 6.45) is 8.62. The molecule has 0 spiro atoms. The number of nitrogens with one attached hydrogen (secondary N) is 1. The van der Waals surface area contributed by atoms with Gasteiger partial charge >= 0.3 is 0 Å². The van der Waals surface area contributed by atoms with Crippen LogP contribution in [0.3, 0.4) is 0 Å². The number of nitrogens with zero attached hydrogens (tertiary/aromatic N) is 2. The summed E-state index contributed by atoms with van der Waals surface area (Å²) in [5, 5.41) is 3.33. The predicted molar refractivity (Wildman–Crippen MR) is 175 cm³/mol. The zero-order valence-corrected chi connectivity index (χ0v) is 25.6. The first-order valence-corrected chi connectivity index (χ1v) is 16.5. The average Bonchev–Trinajstić information content (AvgIpc) is 3.53. The molecule has 0 aliphatic rings. The van der Waals surface area contributed by atoms with Crippen LogP contribution < -0.4 is 5.32 Å². The molecule has 5 aromatic rings. The van der Waals surface area contributed by atoms with E-state index < -0.39 is 15.9 Å². The average molecular weight is 626 g/mol. The summed E-state index contributed by atoms with van der Waals surface area (Å²) in [5.74, 6) is -1.01. The topological polar surface area (TPSA) is 81.1 Å². The lowest BCUT2D eigenvalue weighted by Crippen LogP contribution is -2.33. The van der Waals surface area contributed by atoms with Crippen molar-refractivity contribution in [2.24, 2.45) is 0 Å². The summed E-state index contributed by atoms with van der Waals surface area (Å²) >= 11 is 0. The van der Waals surface area contributed by atoms with Gasteiger partial charge in [-0.1, -0.05) is 60.7 Å². The summed E-state index contributed by atoms with van der Waals surface area (Å²) in [6.45, 7) is 0.485. The lowest BCUT2D eigenvalue weighted by Gasteiger charge is -2.22. The molecule has 1 atom stereocenters. The van der Waals surface area contributed by atoms with Crippen molar-refractivity contribution in [1.29, 1.82) is 0 Å². The van der Waals surface area contributed by atoms with Gasteiger partial charge in [-0.2, -0.15) is 0 Å². The smallest absolute Gasteiger partial charge is 0.159 e. The van der Waals surface area contributed by atoms with Gasteiger partial charge in [-0.15, -0.1) is 0 Å². The van der Waals surface area contributed by atoms with Gasteiger partial charge in [-0.3, -0.25) is 4.79 Å². The first-order chi connectivity index (χ1) is 21.6. The number of allylic oxidation sites excluding steroid dienone is 1. The van der Waals surface area contributed by atoms with Crippen LogP contribution in [0.2, 0.25) is 0 Å². The van der Waals surface area contributed by atoms with E-state index in [9.17, 15) is 22.0 Å². The molecule has 0 saturated carbocycles. The quantitative estimate of drug-likeness (QED) is 0.141. The molecule has 9 heteroatoms. The minimum absolute atomic E-state index is 0.0919. The molecule has 0 fully saturated rings. The second-order valence-electron chi connectivity index (χ2n) is 11.0. The first-order valence-electron chi connectivity index (χ1n) is 14.5. The van der Waals surface area contributed by atoms with Crippen LogP contribution >= 0.6 is 0 Å². The number of hydrogen-bond donors (Lipinski definition) is 1. The van der Waals surface area contributed by atoms with Gasteiger partial charge in [0.25, 0.3) is 0 Å². The third kappa shape index (κ3) is 9.06. The molecule has 0 saturated heterocycles. The maximum atomic E-state index is 13.9. The van der Waals surface area contributed by atoms with Gasteiger partial charge < -0.3 is 9.88 Å². The van der Waals surface area contributed by atoms with E-state index in [-0.39, 0.29) is 36.0 Å². The molecule has 1 unspecified atom stereocenters. The van der Waals surface area contributed by atoms with Crippen LogP contribution in [-0.2, 0) is 27.6 Å². The standard InChI is InChI=1S/C36H33F2N3O3S/c1-45(43,44)20-17-35(36(42)23-26-5-3-2-4-6-26)40-34-16-7-27(22-33(34)29-10-14-32(38)15-11-29)21-30(24-41-19-18-39-25-41)28-8-12-31(37)13-9-28/h2-16,18-19,21-22,25,35,40H,17,20,23-24H2,1H3/b30-21-. The lowest BCUT2D eigenvalue weighted by atomic mass is 9.96. The third-order valence-electron chi connectivity index (χ3n) is 7.38. The highest BCUT2D eigenvalue weighted by Crippen LogP contribution is 2.32. The van der Waals surface area contributed by atoms with Crippen LogP contribution in [0.25, 0.3) is 22.8 Å². The Bertz CT molecular complexity index is 1870. The normalized spacial score (nSPS) is 12.6. The van der Waals surface area contributed by atoms with E-state index in [4.69, 9.17) is 0 Å². The molecule has 1 N–H and O–H groups in total. The van der Waals surface area contributed by atoms with Crippen molar-refractivity contribution < 1.29 is 22.0 Å². The van der Waals surface area contributed by atoms with Gasteiger partial charge in [0.15, 0.2) is 5.78 Å². The molecule has 0 bridgehead atoms. The van der Waals surface area contributed by atoms with Crippen molar-refractivity contribution in [3.8, 4) is 11.1 Å². The van der Waals surface area contributed by atoms with E-state index >= 15 is 0 Å². The lowest BCUT2D eigenvalue weighted by molar-refractivity contribution is -0.119. The number of benzene rings is 4. The maximum Gasteiger partial charge on any atom is 0.159 e. The zero-order valence-electron chi connectivity index (χ0n) is 24.7. The molecule has 0 radical (unpaired) electrons. The first kappa shape index (κ1) is 31.5. The van der Waals surface area contributed by atoms with Crippen LogP contribution in [0.15, 0.2) is 116 Å². The molecule has 1 aromatic heterocycles. The van der Waals surface area contributed by atoms with E-state index in [0.717, 1.165) is 28.5 Å². The predicted octanol–water partition coefficient (Wildman–Crippen LogP) is 7.10. The molecular formula is C36H33F2N3O3S. The van der Waals surface area contributed by atoms with Gasteiger partial charge in [-0.25, -0.2) is 22.2 Å². The number of ketones is 1. The minimum Gasteiger partial charge on any atom is -0.375 e. The van der Waals surface area contributed by atoms with Crippen molar-refractivity contribution in [3.05, 3.63) is 144 Å². The van der Waals surface area contributed by atoms with Crippen LogP contribution in [0.1, 0.15) is 23.1 Å². The number of Topliss-reactive ketones (excluding diaryl/α,β-unsaturated/α-hetero) is 1. The number of rotatable bonds is 13. The summed E-state index contributed by atoms with van der Waals surface area (Å²) in [4.78, 5) is 17.7.